The van der Waals surface area contributed by atoms with Crippen molar-refractivity contribution in [2.75, 3.05) is 25.5 Å². The van der Waals surface area contributed by atoms with Crippen molar-refractivity contribution >= 4 is 61.7 Å². The van der Waals surface area contributed by atoms with Crippen LogP contribution in [0.25, 0.3) is 16.8 Å². The zero-order valence-electron chi connectivity index (χ0n) is 21.5. The molecule has 1 unspecified atom stereocenters. The van der Waals surface area contributed by atoms with Crippen LogP contribution < -0.4 is 14.9 Å². The highest BCUT2D eigenvalue weighted by Gasteiger charge is 2.44. The Morgan fingerprint density at radius 1 is 1.00 bits per heavy atom. The second kappa shape index (κ2) is 12.4. The molecule has 1 aliphatic rings. The molecule has 10 nitrogen and oxygen atoms in total. The van der Waals surface area contributed by atoms with Crippen molar-refractivity contribution in [2.45, 2.75) is 35.5 Å². The number of carbonyl (C=O) groups is 1. The van der Waals surface area contributed by atoms with Crippen molar-refractivity contribution in [1.82, 2.24) is 10.0 Å². The number of rotatable bonds is 8. The second-order valence-electron chi connectivity index (χ2n) is 9.46. The molecule has 0 aromatic heterocycles. The SMILES string of the molecule is CN(C)c1cccc2c(S(=O)(=O)NC[C@H]3OC(O)[C@H](NC(=O)/C=C/c4ccc(Cl)c(Cl)c4)[C@@H](O)[C@@H]3O)cccc12. The normalized spacial score (nSPS) is 23.4. The summed E-state index contributed by atoms with van der Waals surface area (Å²) in [5.41, 5.74) is 1.42. The third-order valence-electron chi connectivity index (χ3n) is 6.50. The number of amides is 1. The molecule has 1 amide bonds. The number of carbonyl (C=O) groups excluding carboxylic acids is 1. The predicted molar refractivity (Wildman–Crippen MR) is 154 cm³/mol. The fourth-order valence-corrected chi connectivity index (χ4v) is 6.00. The van der Waals surface area contributed by atoms with E-state index in [1.54, 1.807) is 36.4 Å². The zero-order valence-corrected chi connectivity index (χ0v) is 23.9. The minimum atomic E-state index is -4.08. The van der Waals surface area contributed by atoms with E-state index >= 15 is 0 Å². The van der Waals surface area contributed by atoms with Crippen LogP contribution in [0.2, 0.25) is 10.0 Å². The molecule has 13 heteroatoms. The van der Waals surface area contributed by atoms with E-state index in [0.717, 1.165) is 17.1 Å². The van der Waals surface area contributed by atoms with Crippen molar-refractivity contribution < 1.29 is 33.3 Å². The number of aliphatic hydroxyl groups is 3. The summed E-state index contributed by atoms with van der Waals surface area (Å²) in [5, 5.41) is 36.0. The lowest BCUT2D eigenvalue weighted by molar-refractivity contribution is -0.244. The summed E-state index contributed by atoms with van der Waals surface area (Å²) < 4.78 is 34.2. The van der Waals surface area contributed by atoms with Crippen molar-refractivity contribution in [1.29, 1.82) is 0 Å². The van der Waals surface area contributed by atoms with E-state index in [1.807, 2.05) is 31.1 Å². The lowest BCUT2D eigenvalue weighted by Gasteiger charge is -2.40. The molecule has 1 heterocycles. The van der Waals surface area contributed by atoms with Crippen molar-refractivity contribution in [3.8, 4) is 0 Å². The first-order chi connectivity index (χ1) is 18.9. The molecule has 0 aliphatic carbocycles. The number of hydrogen-bond acceptors (Lipinski definition) is 8. The molecule has 5 atom stereocenters. The summed E-state index contributed by atoms with van der Waals surface area (Å²) in [6, 6.07) is 13.6. The number of benzene rings is 3. The highest BCUT2D eigenvalue weighted by molar-refractivity contribution is 7.89. The van der Waals surface area contributed by atoms with Gasteiger partial charge in [0.15, 0.2) is 6.29 Å². The van der Waals surface area contributed by atoms with Crippen molar-refractivity contribution in [3.63, 3.8) is 0 Å². The minimum absolute atomic E-state index is 0.0269. The van der Waals surface area contributed by atoms with Crippen LogP contribution in [-0.2, 0) is 19.6 Å². The maximum absolute atomic E-state index is 13.2. The lowest BCUT2D eigenvalue weighted by atomic mass is 9.96. The number of hydrogen-bond donors (Lipinski definition) is 5. The Labute approximate surface area is 241 Å². The molecule has 1 saturated heterocycles. The summed E-state index contributed by atoms with van der Waals surface area (Å²) in [4.78, 5) is 14.3. The maximum atomic E-state index is 13.2. The number of fused-ring (bicyclic) bond motifs is 1. The highest BCUT2D eigenvalue weighted by Crippen LogP contribution is 2.30. The summed E-state index contributed by atoms with van der Waals surface area (Å²) in [6.45, 7) is -0.445. The number of nitrogens with one attached hydrogen (secondary N) is 2. The number of ether oxygens (including phenoxy) is 1. The molecule has 0 saturated carbocycles. The fraction of sp³-hybridized carbons (Fsp3) is 0.296. The van der Waals surface area contributed by atoms with Gasteiger partial charge in [-0.2, -0.15) is 0 Å². The average Bonchev–Trinajstić information content (AvgIpc) is 2.92. The molecule has 0 spiro atoms. The lowest BCUT2D eigenvalue weighted by Crippen LogP contribution is -2.64. The van der Waals surface area contributed by atoms with E-state index in [4.69, 9.17) is 27.9 Å². The zero-order chi connectivity index (χ0) is 29.2. The number of sulfonamides is 1. The van der Waals surface area contributed by atoms with Gasteiger partial charge in [0.25, 0.3) is 0 Å². The van der Waals surface area contributed by atoms with Crippen LogP contribution >= 0.6 is 23.2 Å². The van der Waals surface area contributed by atoms with Gasteiger partial charge in [-0.1, -0.05) is 53.5 Å². The van der Waals surface area contributed by atoms with Gasteiger partial charge in [-0.25, -0.2) is 13.1 Å². The van der Waals surface area contributed by atoms with E-state index in [9.17, 15) is 28.5 Å². The molecule has 40 heavy (non-hydrogen) atoms. The van der Waals surface area contributed by atoms with Gasteiger partial charge in [-0.15, -0.1) is 0 Å². The average molecular weight is 611 g/mol. The molecule has 214 valence electrons. The van der Waals surface area contributed by atoms with E-state index in [2.05, 4.69) is 10.0 Å². The highest BCUT2D eigenvalue weighted by atomic mass is 35.5. The van der Waals surface area contributed by atoms with Crippen LogP contribution in [0.3, 0.4) is 0 Å². The minimum Gasteiger partial charge on any atom is -0.388 e. The standard InChI is InChI=1S/C27H29Cl2N3O7S/c1-32(2)20-7-3-6-17-16(20)5-4-8-22(17)40(37,38)30-14-21-25(34)26(35)24(27(36)39-21)31-23(33)12-10-15-9-11-18(28)19(29)13-15/h3-13,21,24-27,30,34-36H,14H2,1-2H3,(H,31,33)/b12-10+/t21-,24-,25-,26-,27?/m1/s1. The van der Waals surface area contributed by atoms with Gasteiger partial charge in [0.05, 0.1) is 14.9 Å². The van der Waals surface area contributed by atoms with Crippen LogP contribution in [0.4, 0.5) is 5.69 Å². The van der Waals surface area contributed by atoms with Gasteiger partial charge in [0, 0.05) is 43.2 Å². The van der Waals surface area contributed by atoms with Crippen LogP contribution in [0, 0.1) is 0 Å². The number of anilines is 1. The quantitative estimate of drug-likeness (QED) is 0.244. The topological polar surface area (TPSA) is 148 Å². The summed E-state index contributed by atoms with van der Waals surface area (Å²) in [6.07, 6.45) is -3.70. The van der Waals surface area contributed by atoms with Gasteiger partial charge in [0.1, 0.15) is 24.4 Å². The van der Waals surface area contributed by atoms with Gasteiger partial charge in [-0.05, 0) is 35.9 Å². The van der Waals surface area contributed by atoms with Crippen LogP contribution in [0.1, 0.15) is 5.56 Å². The number of nitrogens with zero attached hydrogens (tertiary/aromatic N) is 1. The molecular weight excluding hydrogens is 581 g/mol. The van der Waals surface area contributed by atoms with Gasteiger partial charge in [0.2, 0.25) is 15.9 Å². The first-order valence-electron chi connectivity index (χ1n) is 12.2. The molecule has 1 fully saturated rings. The Morgan fingerprint density at radius 3 is 2.40 bits per heavy atom. The molecule has 0 bridgehead atoms. The van der Waals surface area contributed by atoms with Crippen LogP contribution in [-0.4, -0.2) is 80.9 Å². The predicted octanol–water partition coefficient (Wildman–Crippen LogP) is 2.13. The largest absolute Gasteiger partial charge is 0.388 e. The third-order valence-corrected chi connectivity index (χ3v) is 8.73. The van der Waals surface area contributed by atoms with E-state index in [1.165, 1.54) is 12.1 Å². The van der Waals surface area contributed by atoms with Gasteiger partial charge < -0.3 is 30.3 Å². The second-order valence-corrected chi connectivity index (χ2v) is 12.0. The van der Waals surface area contributed by atoms with Crippen LogP contribution in [0.15, 0.2) is 65.6 Å². The molecular formula is C27H29Cl2N3O7S. The van der Waals surface area contributed by atoms with E-state index < -0.39 is 53.1 Å². The van der Waals surface area contributed by atoms with Gasteiger partial charge in [-0.3, -0.25) is 4.79 Å². The number of halogens is 2. The summed E-state index contributed by atoms with van der Waals surface area (Å²) in [7, 11) is -0.368. The molecule has 4 rings (SSSR count). The molecule has 3 aromatic rings. The Hall–Kier alpha value is -2.74. The smallest absolute Gasteiger partial charge is 0.244 e. The van der Waals surface area contributed by atoms with Crippen molar-refractivity contribution in [3.05, 3.63) is 76.3 Å². The third kappa shape index (κ3) is 6.59. The van der Waals surface area contributed by atoms with E-state index in [-0.39, 0.29) is 4.90 Å². The molecule has 1 aliphatic heterocycles. The van der Waals surface area contributed by atoms with Crippen molar-refractivity contribution in [2.24, 2.45) is 0 Å². The Bertz CT molecular complexity index is 1530. The molecule has 5 N–H and O–H groups in total. The first-order valence-corrected chi connectivity index (χ1v) is 14.4. The summed E-state index contributed by atoms with van der Waals surface area (Å²) >= 11 is 11.8. The molecule has 0 radical (unpaired) electrons. The fourth-order valence-electron chi connectivity index (χ4n) is 4.43. The van der Waals surface area contributed by atoms with Crippen LogP contribution in [0.5, 0.6) is 0 Å². The Kier molecular flexibility index (Phi) is 9.38. The summed E-state index contributed by atoms with van der Waals surface area (Å²) in [5.74, 6) is -0.683. The first kappa shape index (κ1) is 30.2. The van der Waals surface area contributed by atoms with Gasteiger partial charge >= 0.3 is 0 Å². The Morgan fingerprint density at radius 2 is 1.70 bits per heavy atom. The maximum Gasteiger partial charge on any atom is 0.244 e. The number of aliphatic hydroxyl groups excluding tert-OH is 3. The van der Waals surface area contributed by atoms with E-state index in [0.29, 0.717) is 21.0 Å². The monoisotopic (exact) mass is 609 g/mol. The molecule has 3 aromatic carbocycles. The Balaban J connectivity index is 1.42.